The number of benzene rings is 1. The number of fused-ring (bicyclic) bond motifs is 3. The van der Waals surface area contributed by atoms with Crippen LogP contribution in [0.4, 0.5) is 5.69 Å². The van der Waals surface area contributed by atoms with Crippen molar-refractivity contribution in [3.63, 3.8) is 0 Å². The molecule has 2 unspecified atom stereocenters. The maximum absolute atomic E-state index is 2.48. The molecular weight excluding hydrogens is 196 g/mol. The smallest absolute Gasteiger partial charge is 0.0399 e. The maximum atomic E-state index is 2.48. The van der Waals surface area contributed by atoms with Crippen LogP contribution in [0.1, 0.15) is 17.9 Å². The lowest BCUT2D eigenvalue weighted by Gasteiger charge is -2.21. The zero-order valence-corrected chi connectivity index (χ0v) is 10.2. The molecule has 2 heterocycles. The zero-order chi connectivity index (χ0) is 11.1. The third kappa shape index (κ3) is 1.52. The van der Waals surface area contributed by atoms with Crippen molar-refractivity contribution in [3.8, 4) is 0 Å². The largest absolute Gasteiger partial charge is 0.374 e. The average molecular weight is 216 g/mol. The highest BCUT2D eigenvalue weighted by Gasteiger charge is 2.35. The zero-order valence-electron chi connectivity index (χ0n) is 10.2. The summed E-state index contributed by atoms with van der Waals surface area (Å²) in [5, 5.41) is 0. The number of likely N-dealkylation sites (tertiary alicyclic amines) is 1. The summed E-state index contributed by atoms with van der Waals surface area (Å²) in [5.41, 5.74) is 3.02. The highest BCUT2D eigenvalue weighted by Crippen LogP contribution is 2.41. The van der Waals surface area contributed by atoms with Crippen LogP contribution in [0.3, 0.4) is 0 Å². The number of para-hydroxylation sites is 1. The molecule has 0 aliphatic carbocycles. The standard InChI is InChI=1S/C14H20N2/c1-15-9-11-7-8-16(2)14-6-4-3-5-12(14)13(11)10-15/h3-6,11,13H,7-10H2,1-2H3. The van der Waals surface area contributed by atoms with E-state index >= 15 is 0 Å². The minimum Gasteiger partial charge on any atom is -0.374 e. The van der Waals surface area contributed by atoms with Crippen molar-refractivity contribution in [3.05, 3.63) is 29.8 Å². The van der Waals surface area contributed by atoms with Gasteiger partial charge in [0.2, 0.25) is 0 Å². The lowest BCUT2D eigenvalue weighted by Crippen LogP contribution is -2.21. The summed E-state index contributed by atoms with van der Waals surface area (Å²) >= 11 is 0. The molecule has 3 rings (SSSR count). The van der Waals surface area contributed by atoms with Gasteiger partial charge in [-0.25, -0.2) is 0 Å². The van der Waals surface area contributed by atoms with E-state index < -0.39 is 0 Å². The summed E-state index contributed by atoms with van der Waals surface area (Å²) in [6.07, 6.45) is 1.33. The number of hydrogen-bond acceptors (Lipinski definition) is 2. The van der Waals surface area contributed by atoms with Gasteiger partial charge in [0.05, 0.1) is 0 Å². The van der Waals surface area contributed by atoms with Gasteiger partial charge in [0.25, 0.3) is 0 Å². The topological polar surface area (TPSA) is 6.48 Å². The fourth-order valence-corrected chi connectivity index (χ4v) is 3.36. The van der Waals surface area contributed by atoms with E-state index in [2.05, 4.69) is 48.2 Å². The molecule has 2 atom stereocenters. The molecule has 2 nitrogen and oxygen atoms in total. The van der Waals surface area contributed by atoms with Crippen molar-refractivity contribution in [2.24, 2.45) is 5.92 Å². The van der Waals surface area contributed by atoms with Crippen LogP contribution in [0.5, 0.6) is 0 Å². The van der Waals surface area contributed by atoms with E-state index in [9.17, 15) is 0 Å². The van der Waals surface area contributed by atoms with Gasteiger partial charge in [0.15, 0.2) is 0 Å². The Bertz CT molecular complexity index is 388. The Labute approximate surface area is 97.9 Å². The third-order valence-corrected chi connectivity index (χ3v) is 4.21. The molecule has 16 heavy (non-hydrogen) atoms. The molecule has 0 radical (unpaired) electrons. The first-order valence-electron chi connectivity index (χ1n) is 6.24. The van der Waals surface area contributed by atoms with Crippen LogP contribution in [-0.2, 0) is 0 Å². The predicted octanol–water partition coefficient (Wildman–Crippen LogP) is 2.17. The number of rotatable bonds is 0. The Morgan fingerprint density at radius 3 is 2.81 bits per heavy atom. The van der Waals surface area contributed by atoms with Crippen molar-refractivity contribution in [1.29, 1.82) is 0 Å². The summed E-state index contributed by atoms with van der Waals surface area (Å²) in [7, 11) is 4.48. The molecule has 2 aliphatic rings. The third-order valence-electron chi connectivity index (χ3n) is 4.21. The summed E-state index contributed by atoms with van der Waals surface area (Å²) in [4.78, 5) is 4.91. The molecule has 0 bridgehead atoms. The molecule has 0 spiro atoms. The first-order chi connectivity index (χ1) is 7.75. The Hall–Kier alpha value is -1.02. The molecule has 1 aromatic carbocycles. The fourth-order valence-electron chi connectivity index (χ4n) is 3.36. The van der Waals surface area contributed by atoms with Gasteiger partial charge in [-0.3, -0.25) is 0 Å². The molecular formula is C14H20N2. The monoisotopic (exact) mass is 216 g/mol. The second-order valence-electron chi connectivity index (χ2n) is 5.36. The molecule has 2 heteroatoms. The molecule has 1 fully saturated rings. The Kier molecular flexibility index (Phi) is 2.40. The first kappa shape index (κ1) is 10.2. The molecule has 1 saturated heterocycles. The van der Waals surface area contributed by atoms with Crippen LogP contribution in [0.2, 0.25) is 0 Å². The van der Waals surface area contributed by atoms with Gasteiger partial charge >= 0.3 is 0 Å². The van der Waals surface area contributed by atoms with E-state index in [1.54, 1.807) is 5.56 Å². The summed E-state index contributed by atoms with van der Waals surface area (Å²) in [5.74, 6) is 1.61. The number of anilines is 1. The molecule has 0 saturated carbocycles. The van der Waals surface area contributed by atoms with Gasteiger partial charge in [0, 0.05) is 38.3 Å². The summed E-state index contributed by atoms with van der Waals surface area (Å²) < 4.78 is 0. The van der Waals surface area contributed by atoms with Gasteiger partial charge in [-0.2, -0.15) is 0 Å². The number of nitrogens with zero attached hydrogens (tertiary/aromatic N) is 2. The second kappa shape index (κ2) is 3.77. The van der Waals surface area contributed by atoms with Crippen molar-refractivity contribution in [2.75, 3.05) is 38.6 Å². The van der Waals surface area contributed by atoms with E-state index in [1.807, 2.05) is 0 Å². The van der Waals surface area contributed by atoms with Crippen LogP contribution in [-0.4, -0.2) is 38.6 Å². The quantitative estimate of drug-likeness (QED) is 0.656. The van der Waals surface area contributed by atoms with E-state index in [4.69, 9.17) is 0 Å². The van der Waals surface area contributed by atoms with Gasteiger partial charge < -0.3 is 9.80 Å². The Morgan fingerprint density at radius 1 is 1.12 bits per heavy atom. The van der Waals surface area contributed by atoms with Crippen molar-refractivity contribution in [1.82, 2.24) is 4.90 Å². The number of hydrogen-bond donors (Lipinski definition) is 0. The predicted molar refractivity (Wildman–Crippen MR) is 68.1 cm³/mol. The number of likely N-dealkylation sites (N-methyl/N-ethyl adjacent to an activating group) is 1. The van der Waals surface area contributed by atoms with Crippen LogP contribution >= 0.6 is 0 Å². The maximum Gasteiger partial charge on any atom is 0.0399 e. The normalized spacial score (nSPS) is 29.8. The Balaban J connectivity index is 2.04. The Morgan fingerprint density at radius 2 is 1.94 bits per heavy atom. The van der Waals surface area contributed by atoms with E-state index in [0.29, 0.717) is 0 Å². The highest BCUT2D eigenvalue weighted by atomic mass is 15.1. The van der Waals surface area contributed by atoms with Crippen molar-refractivity contribution in [2.45, 2.75) is 12.3 Å². The van der Waals surface area contributed by atoms with Gasteiger partial charge in [-0.1, -0.05) is 18.2 Å². The minimum atomic E-state index is 0.756. The van der Waals surface area contributed by atoms with Crippen LogP contribution in [0.15, 0.2) is 24.3 Å². The van der Waals surface area contributed by atoms with E-state index in [-0.39, 0.29) is 0 Å². The van der Waals surface area contributed by atoms with Gasteiger partial charge in [-0.05, 0) is 31.0 Å². The van der Waals surface area contributed by atoms with E-state index in [0.717, 1.165) is 11.8 Å². The molecule has 0 amide bonds. The molecule has 0 N–H and O–H groups in total. The van der Waals surface area contributed by atoms with Gasteiger partial charge in [0.1, 0.15) is 0 Å². The van der Waals surface area contributed by atoms with Gasteiger partial charge in [-0.15, -0.1) is 0 Å². The summed E-state index contributed by atoms with van der Waals surface area (Å²) in [6, 6.07) is 8.95. The SMILES string of the molecule is CN1CC2CCN(C)c3ccccc3C2C1. The highest BCUT2D eigenvalue weighted by molar-refractivity contribution is 5.56. The molecule has 2 aliphatic heterocycles. The average Bonchev–Trinajstić information content (AvgIpc) is 2.62. The second-order valence-corrected chi connectivity index (χ2v) is 5.36. The lowest BCUT2D eigenvalue weighted by molar-refractivity contribution is 0.389. The fraction of sp³-hybridized carbons (Fsp3) is 0.571. The first-order valence-corrected chi connectivity index (χ1v) is 6.24. The molecule has 0 aromatic heterocycles. The molecule has 86 valence electrons. The summed E-state index contributed by atoms with van der Waals surface area (Å²) in [6.45, 7) is 3.70. The van der Waals surface area contributed by atoms with Crippen LogP contribution in [0, 0.1) is 5.92 Å². The molecule has 1 aromatic rings. The lowest BCUT2D eigenvalue weighted by atomic mass is 9.87. The van der Waals surface area contributed by atoms with E-state index in [1.165, 1.54) is 31.7 Å². The van der Waals surface area contributed by atoms with Crippen LogP contribution in [0.25, 0.3) is 0 Å². The van der Waals surface area contributed by atoms with Crippen LogP contribution < -0.4 is 4.90 Å². The van der Waals surface area contributed by atoms with Crippen molar-refractivity contribution < 1.29 is 0 Å². The van der Waals surface area contributed by atoms with Crippen molar-refractivity contribution >= 4 is 5.69 Å². The minimum absolute atomic E-state index is 0.756.